The predicted molar refractivity (Wildman–Crippen MR) is 62.2 cm³/mol. The molecule has 0 aliphatic carbocycles. The summed E-state index contributed by atoms with van der Waals surface area (Å²) in [7, 11) is 1.90. The molecule has 0 amide bonds. The lowest BCUT2D eigenvalue weighted by atomic mass is 10.0. The fraction of sp³-hybridized carbons (Fsp3) is 0.231. The van der Waals surface area contributed by atoms with Gasteiger partial charge in [-0.25, -0.2) is 0 Å². The number of nitrogens with one attached hydrogen (secondary N) is 1. The molecule has 2 aromatic rings. The zero-order chi connectivity index (χ0) is 11.7. The van der Waals surface area contributed by atoms with Crippen LogP contribution in [0.4, 0.5) is 0 Å². The largest absolute Gasteiger partial charge is 0.467 e. The molecule has 1 aromatic carbocycles. The van der Waals surface area contributed by atoms with E-state index < -0.39 is 0 Å². The minimum atomic E-state index is 0.0273. The normalized spacial score (nSPS) is 14.9. The van der Waals surface area contributed by atoms with E-state index in [-0.39, 0.29) is 6.04 Å². The van der Waals surface area contributed by atoms with Crippen molar-refractivity contribution in [1.29, 1.82) is 0 Å². The molecule has 17 heavy (non-hydrogen) atoms. The van der Waals surface area contributed by atoms with Gasteiger partial charge in [0.25, 0.3) is 0 Å². The van der Waals surface area contributed by atoms with Crippen LogP contribution >= 0.6 is 0 Å². The molecule has 2 heterocycles. The molecule has 88 valence electrons. The number of hydrogen-bond acceptors (Lipinski definition) is 4. The summed E-state index contributed by atoms with van der Waals surface area (Å²) < 4.78 is 16.1. The Morgan fingerprint density at radius 3 is 2.82 bits per heavy atom. The Balaban J connectivity index is 1.97. The van der Waals surface area contributed by atoms with Crippen molar-refractivity contribution in [1.82, 2.24) is 5.32 Å². The van der Waals surface area contributed by atoms with Gasteiger partial charge in [-0.15, -0.1) is 0 Å². The third kappa shape index (κ3) is 1.76. The maximum Gasteiger partial charge on any atom is 0.231 e. The summed E-state index contributed by atoms with van der Waals surface area (Å²) in [4.78, 5) is 0. The number of fused-ring (bicyclic) bond motifs is 1. The van der Waals surface area contributed by atoms with Crippen LogP contribution < -0.4 is 14.8 Å². The summed E-state index contributed by atoms with van der Waals surface area (Å²) in [6.45, 7) is 0.295. The van der Waals surface area contributed by atoms with Crippen molar-refractivity contribution in [3.8, 4) is 11.5 Å². The number of hydrogen-bond donors (Lipinski definition) is 1. The van der Waals surface area contributed by atoms with Crippen LogP contribution in [-0.4, -0.2) is 13.8 Å². The standard InChI is InChI=1S/C13H13NO3/c1-14-13(11-3-2-6-15-11)9-4-5-10-12(7-9)17-8-16-10/h2-7,13-14H,8H2,1H3. The fourth-order valence-corrected chi connectivity index (χ4v) is 2.02. The van der Waals surface area contributed by atoms with Gasteiger partial charge in [-0.05, 0) is 36.9 Å². The van der Waals surface area contributed by atoms with Crippen molar-refractivity contribution in [3.05, 3.63) is 47.9 Å². The molecule has 0 fully saturated rings. The third-order valence-electron chi connectivity index (χ3n) is 2.85. The maximum absolute atomic E-state index is 5.43. The summed E-state index contributed by atoms with van der Waals surface area (Å²) in [6, 6.07) is 9.77. The molecular weight excluding hydrogens is 218 g/mol. The van der Waals surface area contributed by atoms with Crippen LogP contribution in [0.2, 0.25) is 0 Å². The van der Waals surface area contributed by atoms with Gasteiger partial charge in [0, 0.05) is 0 Å². The van der Waals surface area contributed by atoms with E-state index in [2.05, 4.69) is 5.32 Å². The molecule has 1 N–H and O–H groups in total. The molecule has 1 aromatic heterocycles. The Labute approximate surface area is 99.1 Å². The fourth-order valence-electron chi connectivity index (χ4n) is 2.02. The van der Waals surface area contributed by atoms with Gasteiger partial charge >= 0.3 is 0 Å². The lowest BCUT2D eigenvalue weighted by molar-refractivity contribution is 0.174. The first-order valence-electron chi connectivity index (χ1n) is 5.48. The van der Waals surface area contributed by atoms with Crippen LogP contribution in [0.5, 0.6) is 11.5 Å². The third-order valence-corrected chi connectivity index (χ3v) is 2.85. The van der Waals surface area contributed by atoms with Gasteiger partial charge in [-0.2, -0.15) is 0 Å². The van der Waals surface area contributed by atoms with Crippen molar-refractivity contribution in [2.75, 3.05) is 13.8 Å². The highest BCUT2D eigenvalue weighted by Crippen LogP contribution is 2.35. The second-order valence-corrected chi connectivity index (χ2v) is 3.85. The van der Waals surface area contributed by atoms with Gasteiger partial charge in [0.2, 0.25) is 6.79 Å². The molecule has 4 heteroatoms. The van der Waals surface area contributed by atoms with Crippen molar-refractivity contribution in [2.45, 2.75) is 6.04 Å². The molecule has 0 bridgehead atoms. The molecule has 3 rings (SSSR count). The molecule has 4 nitrogen and oxygen atoms in total. The zero-order valence-corrected chi connectivity index (χ0v) is 9.47. The van der Waals surface area contributed by atoms with E-state index >= 15 is 0 Å². The summed E-state index contributed by atoms with van der Waals surface area (Å²) in [6.07, 6.45) is 1.67. The second kappa shape index (κ2) is 4.14. The van der Waals surface area contributed by atoms with Crippen molar-refractivity contribution >= 4 is 0 Å². The van der Waals surface area contributed by atoms with E-state index in [9.17, 15) is 0 Å². The Kier molecular flexibility index (Phi) is 2.49. The van der Waals surface area contributed by atoms with Crippen molar-refractivity contribution in [3.63, 3.8) is 0 Å². The smallest absolute Gasteiger partial charge is 0.231 e. The summed E-state index contributed by atoms with van der Waals surface area (Å²) in [5.74, 6) is 2.46. The summed E-state index contributed by atoms with van der Waals surface area (Å²) >= 11 is 0. The average molecular weight is 231 g/mol. The molecule has 1 aliphatic heterocycles. The van der Waals surface area contributed by atoms with Crippen molar-refractivity contribution < 1.29 is 13.9 Å². The lowest BCUT2D eigenvalue weighted by Crippen LogP contribution is -2.16. The van der Waals surface area contributed by atoms with E-state index in [1.807, 2.05) is 37.4 Å². The van der Waals surface area contributed by atoms with Gasteiger partial charge in [0.15, 0.2) is 11.5 Å². The number of ether oxygens (including phenoxy) is 2. The first kappa shape index (κ1) is 10.2. The van der Waals surface area contributed by atoms with Crippen LogP contribution in [0.15, 0.2) is 41.0 Å². The quantitative estimate of drug-likeness (QED) is 0.880. The van der Waals surface area contributed by atoms with Gasteiger partial charge < -0.3 is 19.2 Å². The zero-order valence-electron chi connectivity index (χ0n) is 9.47. The van der Waals surface area contributed by atoms with Crippen LogP contribution in [0, 0.1) is 0 Å². The average Bonchev–Trinajstić information content (AvgIpc) is 2.99. The maximum atomic E-state index is 5.43. The van der Waals surface area contributed by atoms with Crippen LogP contribution in [0.3, 0.4) is 0 Å². The van der Waals surface area contributed by atoms with E-state index in [1.54, 1.807) is 6.26 Å². The first-order chi connectivity index (χ1) is 8.38. The van der Waals surface area contributed by atoms with Crippen LogP contribution in [0.25, 0.3) is 0 Å². The molecule has 0 saturated heterocycles. The van der Waals surface area contributed by atoms with Crippen LogP contribution in [-0.2, 0) is 0 Å². The van der Waals surface area contributed by atoms with E-state index in [0.29, 0.717) is 6.79 Å². The monoisotopic (exact) mass is 231 g/mol. The Morgan fingerprint density at radius 1 is 1.18 bits per heavy atom. The van der Waals surface area contributed by atoms with Gasteiger partial charge in [-0.1, -0.05) is 6.07 Å². The number of furan rings is 1. The highest BCUT2D eigenvalue weighted by molar-refractivity contribution is 5.46. The molecule has 1 aliphatic rings. The predicted octanol–water partition coefficient (Wildman–Crippen LogP) is 2.32. The van der Waals surface area contributed by atoms with E-state index in [4.69, 9.17) is 13.9 Å². The Hall–Kier alpha value is -1.94. The molecular formula is C13H13NO3. The minimum Gasteiger partial charge on any atom is -0.467 e. The Bertz CT molecular complexity index is 507. The Morgan fingerprint density at radius 2 is 2.06 bits per heavy atom. The highest BCUT2D eigenvalue weighted by atomic mass is 16.7. The number of rotatable bonds is 3. The van der Waals surface area contributed by atoms with Gasteiger partial charge in [0.1, 0.15) is 5.76 Å². The molecule has 1 atom stereocenters. The molecule has 0 saturated carbocycles. The van der Waals surface area contributed by atoms with Crippen molar-refractivity contribution in [2.24, 2.45) is 0 Å². The summed E-state index contributed by atoms with van der Waals surface area (Å²) in [5.41, 5.74) is 1.09. The lowest BCUT2D eigenvalue weighted by Gasteiger charge is -2.14. The van der Waals surface area contributed by atoms with E-state index in [1.165, 1.54) is 0 Å². The first-order valence-corrected chi connectivity index (χ1v) is 5.48. The number of benzene rings is 1. The summed E-state index contributed by atoms with van der Waals surface area (Å²) in [5, 5.41) is 3.22. The topological polar surface area (TPSA) is 43.6 Å². The van der Waals surface area contributed by atoms with Gasteiger partial charge in [0.05, 0.1) is 12.3 Å². The molecule has 0 radical (unpaired) electrons. The highest BCUT2D eigenvalue weighted by Gasteiger charge is 2.19. The minimum absolute atomic E-state index is 0.0273. The molecule has 1 unspecified atom stereocenters. The second-order valence-electron chi connectivity index (χ2n) is 3.85. The SMILES string of the molecule is CNC(c1ccc2c(c1)OCO2)c1ccco1. The van der Waals surface area contributed by atoms with Crippen LogP contribution in [0.1, 0.15) is 17.4 Å². The van der Waals surface area contributed by atoms with E-state index in [0.717, 1.165) is 22.8 Å². The van der Waals surface area contributed by atoms with Gasteiger partial charge in [-0.3, -0.25) is 0 Å². The molecule has 0 spiro atoms.